The zero-order valence-electron chi connectivity index (χ0n) is 15.2. The second-order valence-corrected chi connectivity index (χ2v) is 8.33. The Balaban J connectivity index is 2.31. The fourth-order valence-electron chi connectivity index (χ4n) is 4.25. The Kier molecular flexibility index (Phi) is 4.78. The van der Waals surface area contributed by atoms with E-state index < -0.39 is 11.7 Å². The van der Waals surface area contributed by atoms with E-state index in [1.165, 1.54) is 0 Å². The molecule has 2 saturated carbocycles. The van der Waals surface area contributed by atoms with E-state index in [-0.39, 0.29) is 29.0 Å². The molecule has 23 heavy (non-hydrogen) atoms. The highest BCUT2D eigenvalue weighted by Gasteiger charge is 2.57. The van der Waals surface area contributed by atoms with E-state index >= 15 is 0 Å². The average molecular weight is 322 g/mol. The molecule has 0 aromatic carbocycles. The molecule has 130 valence electrons. The van der Waals surface area contributed by atoms with Gasteiger partial charge in [-0.2, -0.15) is 0 Å². The Hall–Kier alpha value is -1.16. The van der Waals surface area contributed by atoms with Crippen molar-refractivity contribution in [2.45, 2.75) is 78.9 Å². The van der Waals surface area contributed by atoms with Crippen LogP contribution in [0.3, 0.4) is 0 Å². The molecule has 4 atom stereocenters. The van der Waals surface area contributed by atoms with Crippen LogP contribution in [0.15, 0.2) is 11.1 Å². The maximum absolute atomic E-state index is 12.4. The molecule has 4 heteroatoms. The summed E-state index contributed by atoms with van der Waals surface area (Å²) in [5.74, 6) is -0.345. The van der Waals surface area contributed by atoms with Gasteiger partial charge in [-0.15, -0.1) is 0 Å². The average Bonchev–Trinajstić information content (AvgIpc) is 2.40. The number of esters is 1. The summed E-state index contributed by atoms with van der Waals surface area (Å²) in [5.41, 5.74) is 0.525. The van der Waals surface area contributed by atoms with Crippen LogP contribution in [0.4, 0.5) is 0 Å². The Morgan fingerprint density at radius 3 is 2.43 bits per heavy atom. The molecule has 2 fully saturated rings. The van der Waals surface area contributed by atoms with Crippen molar-refractivity contribution < 1.29 is 19.4 Å². The van der Waals surface area contributed by atoms with Gasteiger partial charge in [-0.25, -0.2) is 0 Å². The number of allylic oxidation sites excluding steroid dienone is 2. The number of carbonyl (C=O) groups excluding carboxylic acids is 2. The normalized spacial score (nSPS) is 37.6. The van der Waals surface area contributed by atoms with Crippen molar-refractivity contribution in [1.29, 1.82) is 0 Å². The van der Waals surface area contributed by atoms with E-state index in [0.717, 1.165) is 17.6 Å². The van der Waals surface area contributed by atoms with Gasteiger partial charge in [-0.1, -0.05) is 26.3 Å². The molecule has 0 aliphatic heterocycles. The second kappa shape index (κ2) is 6.04. The first-order valence-electron chi connectivity index (χ1n) is 8.61. The predicted molar refractivity (Wildman–Crippen MR) is 88.8 cm³/mol. The van der Waals surface area contributed by atoms with Crippen molar-refractivity contribution in [2.24, 2.45) is 17.3 Å². The van der Waals surface area contributed by atoms with E-state index in [4.69, 9.17) is 4.74 Å². The summed E-state index contributed by atoms with van der Waals surface area (Å²) in [6, 6.07) is 0. The molecule has 0 aromatic rings. The number of rotatable bonds is 2. The lowest BCUT2D eigenvalue weighted by molar-refractivity contribution is -0.201. The van der Waals surface area contributed by atoms with E-state index in [0.29, 0.717) is 19.3 Å². The molecule has 0 aromatic heterocycles. The Morgan fingerprint density at radius 2 is 1.91 bits per heavy atom. The summed E-state index contributed by atoms with van der Waals surface area (Å²) in [7, 11) is 0. The minimum atomic E-state index is -1.11. The standard InChI is InChI=1S/C19H30O4/c1-11(2)13-9-15-18(5,10-14(13)20)8-7-16(19(15,6)22)23-17(21)12(3)4/h12,15-16,22H,7-10H2,1-6H3. The van der Waals surface area contributed by atoms with E-state index in [1.54, 1.807) is 20.8 Å². The van der Waals surface area contributed by atoms with Gasteiger partial charge in [0.25, 0.3) is 0 Å². The highest BCUT2D eigenvalue weighted by molar-refractivity contribution is 5.97. The number of ether oxygens (including phenoxy) is 1. The Bertz CT molecular complexity index is 540. The third kappa shape index (κ3) is 3.23. The fraction of sp³-hybridized carbons (Fsp3) is 0.789. The zero-order chi connectivity index (χ0) is 17.6. The highest BCUT2D eigenvalue weighted by Crippen LogP contribution is 2.55. The number of ketones is 1. The molecule has 2 rings (SSSR count). The number of hydrogen-bond acceptors (Lipinski definition) is 4. The molecule has 0 heterocycles. The topological polar surface area (TPSA) is 63.6 Å². The van der Waals surface area contributed by atoms with Crippen LogP contribution in [0.1, 0.15) is 67.2 Å². The smallest absolute Gasteiger partial charge is 0.308 e. The monoisotopic (exact) mass is 322 g/mol. The summed E-state index contributed by atoms with van der Waals surface area (Å²) >= 11 is 0. The van der Waals surface area contributed by atoms with E-state index in [9.17, 15) is 14.7 Å². The lowest BCUT2D eigenvalue weighted by Gasteiger charge is -2.55. The lowest BCUT2D eigenvalue weighted by Crippen LogP contribution is -2.60. The van der Waals surface area contributed by atoms with E-state index in [1.807, 2.05) is 13.8 Å². The van der Waals surface area contributed by atoms with Gasteiger partial charge in [0.1, 0.15) is 11.7 Å². The molecular formula is C19H30O4. The minimum Gasteiger partial charge on any atom is -0.459 e. The van der Waals surface area contributed by atoms with Crippen LogP contribution in [0.5, 0.6) is 0 Å². The van der Waals surface area contributed by atoms with Crippen LogP contribution < -0.4 is 0 Å². The van der Waals surface area contributed by atoms with E-state index in [2.05, 4.69) is 6.92 Å². The van der Waals surface area contributed by atoms with Crippen molar-refractivity contribution in [3.05, 3.63) is 11.1 Å². The Morgan fingerprint density at radius 1 is 1.30 bits per heavy atom. The maximum atomic E-state index is 12.4. The van der Waals surface area contributed by atoms with Crippen LogP contribution >= 0.6 is 0 Å². The van der Waals surface area contributed by atoms with Crippen LogP contribution in [0.2, 0.25) is 0 Å². The third-order valence-electron chi connectivity index (χ3n) is 5.82. The number of aliphatic hydroxyl groups is 1. The van der Waals surface area contributed by atoms with Crippen molar-refractivity contribution in [1.82, 2.24) is 0 Å². The first kappa shape index (κ1) is 18.2. The molecule has 0 saturated heterocycles. The van der Waals surface area contributed by atoms with Crippen LogP contribution in [-0.2, 0) is 14.3 Å². The third-order valence-corrected chi connectivity index (χ3v) is 5.82. The molecule has 0 radical (unpaired) electrons. The minimum absolute atomic E-state index is 0.0729. The maximum Gasteiger partial charge on any atom is 0.308 e. The number of Topliss-reactive ketones (excluding diaryl/α,β-unsaturated/α-hetero) is 1. The van der Waals surface area contributed by atoms with Gasteiger partial charge in [-0.3, -0.25) is 9.59 Å². The first-order chi connectivity index (χ1) is 10.5. The molecule has 2 aliphatic rings. The van der Waals surface area contributed by atoms with Gasteiger partial charge in [0.05, 0.1) is 5.92 Å². The molecule has 1 N–H and O–H groups in total. The highest BCUT2D eigenvalue weighted by atomic mass is 16.6. The number of carbonyl (C=O) groups is 2. The summed E-state index contributed by atoms with van der Waals surface area (Å²) in [6.07, 6.45) is 1.95. The largest absolute Gasteiger partial charge is 0.459 e. The van der Waals surface area contributed by atoms with Gasteiger partial charge in [-0.05, 0) is 51.0 Å². The van der Waals surface area contributed by atoms with Crippen LogP contribution in [0.25, 0.3) is 0 Å². The quantitative estimate of drug-likeness (QED) is 0.625. The molecule has 4 nitrogen and oxygen atoms in total. The van der Waals surface area contributed by atoms with Gasteiger partial charge in [0.15, 0.2) is 5.78 Å². The summed E-state index contributed by atoms with van der Waals surface area (Å²) in [6.45, 7) is 11.3. The summed E-state index contributed by atoms with van der Waals surface area (Å²) < 4.78 is 5.59. The number of hydrogen-bond donors (Lipinski definition) is 1. The van der Waals surface area contributed by atoms with Gasteiger partial charge in [0.2, 0.25) is 0 Å². The van der Waals surface area contributed by atoms with Gasteiger partial charge < -0.3 is 9.84 Å². The molecule has 0 bridgehead atoms. The molecule has 4 unspecified atom stereocenters. The fourth-order valence-corrected chi connectivity index (χ4v) is 4.25. The molecule has 0 spiro atoms. The Labute approximate surface area is 139 Å². The second-order valence-electron chi connectivity index (χ2n) is 8.33. The van der Waals surface area contributed by atoms with Crippen LogP contribution in [0, 0.1) is 17.3 Å². The number of fused-ring (bicyclic) bond motifs is 1. The van der Waals surface area contributed by atoms with Crippen molar-refractivity contribution in [3.8, 4) is 0 Å². The summed E-state index contributed by atoms with van der Waals surface area (Å²) in [4.78, 5) is 24.4. The summed E-state index contributed by atoms with van der Waals surface area (Å²) in [5, 5.41) is 11.2. The van der Waals surface area contributed by atoms with Crippen molar-refractivity contribution in [3.63, 3.8) is 0 Å². The van der Waals surface area contributed by atoms with Gasteiger partial charge in [0, 0.05) is 12.3 Å². The lowest BCUT2D eigenvalue weighted by atomic mass is 9.53. The van der Waals surface area contributed by atoms with Crippen LogP contribution in [-0.4, -0.2) is 28.6 Å². The zero-order valence-corrected chi connectivity index (χ0v) is 15.2. The molecule has 0 amide bonds. The SMILES string of the molecule is CC(C)=C1CC2C(C)(CCC(OC(=O)C(C)C)C2(C)O)CC1=O. The predicted octanol–water partition coefficient (Wildman–Crippen LogP) is 3.42. The van der Waals surface area contributed by atoms with Crippen molar-refractivity contribution in [2.75, 3.05) is 0 Å². The molecule has 2 aliphatic carbocycles. The molecular weight excluding hydrogens is 292 g/mol. The van der Waals surface area contributed by atoms with Crippen molar-refractivity contribution >= 4 is 11.8 Å². The first-order valence-corrected chi connectivity index (χ1v) is 8.61. The van der Waals surface area contributed by atoms with Gasteiger partial charge >= 0.3 is 5.97 Å².